The fourth-order valence-corrected chi connectivity index (χ4v) is 6.37. The number of thioether (sulfide) groups is 1. The van der Waals surface area contributed by atoms with E-state index in [2.05, 4.69) is 10.3 Å². The van der Waals surface area contributed by atoms with Crippen LogP contribution in [0.3, 0.4) is 0 Å². The standard InChI is InChI=1S/C34H34F2N4O5S/c1-3-26(37-31(41)29-12-7-15-39(29)34(43)45-21-23-9-5-4-6-10-23)14-13-22(2)30-32(42)40(20-28-11-8-16-44-28)33(46-30)38-27-18-24(35)17-25(36)19-27/h3-6,8-11,13-14,16-19,22,29-30H,7,12,15,20-21H2,1-2H3,(H,37,41)/b14-13-,26-3+,38-33?/t22?,29-,30?/m0/s1. The first-order chi connectivity index (χ1) is 22.2. The van der Waals surface area contributed by atoms with Crippen molar-refractivity contribution in [1.29, 1.82) is 0 Å². The Morgan fingerprint density at radius 2 is 1.91 bits per heavy atom. The molecule has 0 aliphatic carbocycles. The Bertz CT molecular complexity index is 1620. The number of carbonyl (C=O) groups excluding carboxylic acids is 3. The average molecular weight is 649 g/mol. The number of likely N-dealkylation sites (tertiary alicyclic amines) is 1. The average Bonchev–Trinajstić information content (AvgIpc) is 3.80. The molecule has 5 rings (SSSR count). The van der Waals surface area contributed by atoms with Crippen LogP contribution < -0.4 is 5.32 Å². The highest BCUT2D eigenvalue weighted by molar-refractivity contribution is 8.15. The summed E-state index contributed by atoms with van der Waals surface area (Å²) in [6, 6.07) is 15.0. The van der Waals surface area contributed by atoms with Crippen molar-refractivity contribution < 1.29 is 32.3 Å². The molecule has 2 aliphatic rings. The highest BCUT2D eigenvalue weighted by Crippen LogP contribution is 2.36. The molecule has 1 N–H and O–H groups in total. The molecular formula is C34H34F2N4O5S. The molecule has 0 bridgehead atoms. The summed E-state index contributed by atoms with van der Waals surface area (Å²) < 4.78 is 38.6. The van der Waals surface area contributed by atoms with E-state index in [1.807, 2.05) is 43.3 Å². The monoisotopic (exact) mass is 648 g/mol. The van der Waals surface area contributed by atoms with Crippen LogP contribution in [0.5, 0.6) is 0 Å². The van der Waals surface area contributed by atoms with Gasteiger partial charge in [0.1, 0.15) is 30.0 Å². The Balaban J connectivity index is 1.24. The Morgan fingerprint density at radius 3 is 2.61 bits per heavy atom. The fourth-order valence-electron chi connectivity index (χ4n) is 5.16. The maximum absolute atomic E-state index is 13.9. The van der Waals surface area contributed by atoms with Crippen LogP contribution in [0.25, 0.3) is 0 Å². The molecular weight excluding hydrogens is 614 g/mol. The number of hydrogen-bond donors (Lipinski definition) is 1. The molecule has 3 heterocycles. The Morgan fingerprint density at radius 1 is 1.15 bits per heavy atom. The van der Waals surface area contributed by atoms with Crippen LogP contribution in [-0.2, 0) is 27.5 Å². The first-order valence-corrected chi connectivity index (χ1v) is 15.8. The first kappa shape index (κ1) is 32.7. The number of hydrogen-bond acceptors (Lipinski definition) is 7. The second kappa shape index (κ2) is 15.0. The number of halogens is 2. The number of carbonyl (C=O) groups is 3. The molecule has 3 aromatic rings. The quantitative estimate of drug-likeness (QED) is 0.245. The summed E-state index contributed by atoms with van der Waals surface area (Å²) in [6.45, 7) is 4.27. The third-order valence-electron chi connectivity index (χ3n) is 7.57. The van der Waals surface area contributed by atoms with Gasteiger partial charge in [0.05, 0.1) is 23.7 Å². The summed E-state index contributed by atoms with van der Waals surface area (Å²) in [5.41, 5.74) is 1.41. The van der Waals surface area contributed by atoms with E-state index in [1.54, 1.807) is 31.2 Å². The molecule has 3 amide bonds. The van der Waals surface area contributed by atoms with Gasteiger partial charge in [0, 0.05) is 18.3 Å². The van der Waals surface area contributed by atoms with E-state index in [4.69, 9.17) is 9.15 Å². The van der Waals surface area contributed by atoms with Gasteiger partial charge in [-0.3, -0.25) is 19.4 Å². The van der Waals surface area contributed by atoms with Crippen molar-refractivity contribution >= 4 is 40.5 Å². The van der Waals surface area contributed by atoms with Crippen LogP contribution in [0, 0.1) is 17.6 Å². The van der Waals surface area contributed by atoms with Crippen LogP contribution in [0.2, 0.25) is 0 Å². The zero-order chi connectivity index (χ0) is 32.6. The van der Waals surface area contributed by atoms with Gasteiger partial charge < -0.3 is 14.5 Å². The number of aliphatic imine (C=N–C) groups is 1. The van der Waals surface area contributed by atoms with Gasteiger partial charge >= 0.3 is 6.09 Å². The Labute approximate surface area is 270 Å². The number of allylic oxidation sites excluding steroid dienone is 3. The van der Waals surface area contributed by atoms with Gasteiger partial charge in [-0.25, -0.2) is 18.6 Å². The lowest BCUT2D eigenvalue weighted by Gasteiger charge is -2.23. The largest absolute Gasteiger partial charge is 0.467 e. The molecule has 2 fully saturated rings. The Hall–Kier alpha value is -4.71. The van der Waals surface area contributed by atoms with E-state index in [9.17, 15) is 23.2 Å². The van der Waals surface area contributed by atoms with Crippen molar-refractivity contribution in [1.82, 2.24) is 15.1 Å². The third kappa shape index (κ3) is 8.11. The molecule has 3 atom stereocenters. The van der Waals surface area contributed by atoms with Crippen molar-refractivity contribution in [2.45, 2.75) is 51.1 Å². The van der Waals surface area contributed by atoms with E-state index in [-0.39, 0.29) is 41.7 Å². The van der Waals surface area contributed by atoms with Crippen LogP contribution in [0.15, 0.2) is 100 Å². The van der Waals surface area contributed by atoms with Crippen LogP contribution in [0.1, 0.15) is 38.0 Å². The van der Waals surface area contributed by atoms with Gasteiger partial charge in [-0.2, -0.15) is 0 Å². The summed E-state index contributed by atoms with van der Waals surface area (Å²) in [5.74, 6) is -1.91. The minimum Gasteiger partial charge on any atom is -0.467 e. The van der Waals surface area contributed by atoms with Crippen molar-refractivity contribution in [3.63, 3.8) is 0 Å². The van der Waals surface area contributed by atoms with Gasteiger partial charge in [0.15, 0.2) is 5.17 Å². The van der Waals surface area contributed by atoms with Gasteiger partial charge in [-0.05, 0) is 61.6 Å². The number of amidine groups is 1. The first-order valence-electron chi connectivity index (χ1n) is 14.9. The number of furan rings is 1. The lowest BCUT2D eigenvalue weighted by atomic mass is 10.1. The topological polar surface area (TPSA) is 104 Å². The number of nitrogens with zero attached hydrogens (tertiary/aromatic N) is 3. The molecule has 2 aliphatic heterocycles. The number of benzene rings is 2. The molecule has 2 saturated heterocycles. The zero-order valence-corrected chi connectivity index (χ0v) is 26.2. The number of rotatable bonds is 10. The molecule has 0 spiro atoms. The molecule has 9 nitrogen and oxygen atoms in total. The summed E-state index contributed by atoms with van der Waals surface area (Å²) in [5, 5.41) is 2.58. The number of amides is 3. The van der Waals surface area contributed by atoms with E-state index in [0.717, 1.165) is 23.8 Å². The molecule has 46 heavy (non-hydrogen) atoms. The van der Waals surface area contributed by atoms with E-state index in [0.29, 0.717) is 30.8 Å². The molecule has 2 unspecified atom stereocenters. The molecule has 240 valence electrons. The van der Waals surface area contributed by atoms with Crippen LogP contribution in [0.4, 0.5) is 19.3 Å². The van der Waals surface area contributed by atoms with Crippen molar-refractivity contribution in [2.75, 3.05) is 6.54 Å². The van der Waals surface area contributed by atoms with Crippen LogP contribution in [-0.4, -0.2) is 50.7 Å². The fraction of sp³-hybridized carbons (Fsp3) is 0.294. The molecule has 12 heteroatoms. The van der Waals surface area contributed by atoms with Gasteiger partial charge in [0.2, 0.25) is 11.8 Å². The normalized spacial score (nSPS) is 20.1. The van der Waals surface area contributed by atoms with Crippen molar-refractivity contribution in [3.8, 4) is 0 Å². The summed E-state index contributed by atoms with van der Waals surface area (Å²) >= 11 is 1.19. The minimum atomic E-state index is -0.773. The van der Waals surface area contributed by atoms with Crippen molar-refractivity contribution in [3.05, 3.63) is 114 Å². The smallest absolute Gasteiger partial charge is 0.410 e. The highest BCUT2D eigenvalue weighted by atomic mass is 32.2. The lowest BCUT2D eigenvalue weighted by molar-refractivity contribution is -0.127. The van der Waals surface area contributed by atoms with Crippen LogP contribution >= 0.6 is 11.8 Å². The zero-order valence-electron chi connectivity index (χ0n) is 25.4. The van der Waals surface area contributed by atoms with Gasteiger partial charge in [0.25, 0.3) is 0 Å². The van der Waals surface area contributed by atoms with Gasteiger partial charge in [-0.1, -0.05) is 61.2 Å². The third-order valence-corrected chi connectivity index (χ3v) is 8.98. The second-order valence-corrected chi connectivity index (χ2v) is 12.0. The lowest BCUT2D eigenvalue weighted by Crippen LogP contribution is -2.45. The predicted molar refractivity (Wildman–Crippen MR) is 171 cm³/mol. The second-order valence-electron chi connectivity index (χ2n) is 10.9. The molecule has 2 aromatic carbocycles. The maximum Gasteiger partial charge on any atom is 0.410 e. The summed E-state index contributed by atoms with van der Waals surface area (Å²) in [7, 11) is 0. The maximum atomic E-state index is 13.9. The number of nitrogens with one attached hydrogen (secondary N) is 1. The molecule has 0 radical (unpaired) electrons. The van der Waals surface area contributed by atoms with E-state index < -0.39 is 29.0 Å². The molecule has 1 aromatic heterocycles. The molecule has 0 saturated carbocycles. The Kier molecular flexibility index (Phi) is 10.7. The van der Waals surface area contributed by atoms with Crippen molar-refractivity contribution in [2.24, 2.45) is 10.9 Å². The predicted octanol–water partition coefficient (Wildman–Crippen LogP) is 6.70. The number of ether oxygens (including phenoxy) is 1. The summed E-state index contributed by atoms with van der Waals surface area (Å²) in [6.07, 6.45) is 7.40. The van der Waals surface area contributed by atoms with E-state index >= 15 is 0 Å². The minimum absolute atomic E-state index is 0.0462. The summed E-state index contributed by atoms with van der Waals surface area (Å²) in [4.78, 5) is 46.9. The van der Waals surface area contributed by atoms with E-state index in [1.165, 1.54) is 27.8 Å². The highest BCUT2D eigenvalue weighted by Gasteiger charge is 2.41. The van der Waals surface area contributed by atoms with Gasteiger partial charge in [-0.15, -0.1) is 0 Å². The SMILES string of the molecule is C/C=C(\C=C/C(C)C1SC(=Nc2cc(F)cc(F)c2)N(Cc2ccco2)C1=O)NC(=O)[C@@H]1CCCN1C(=O)OCc1ccccc1.